The molecule has 0 saturated carbocycles. The van der Waals surface area contributed by atoms with Crippen molar-refractivity contribution in [2.45, 2.75) is 32.6 Å². The third-order valence-corrected chi connectivity index (χ3v) is 3.83. The van der Waals surface area contributed by atoms with Crippen LogP contribution in [0.4, 0.5) is 17.6 Å². The average molecular weight is 347 g/mol. The van der Waals surface area contributed by atoms with Crippen LogP contribution in [0.25, 0.3) is 5.83 Å². The fraction of sp³-hybridized carbons (Fsp3) is 0.250. The number of nitrogens with zero attached hydrogens (tertiary/aromatic N) is 1. The molecule has 0 bridgehead atoms. The molecule has 0 fully saturated rings. The molecule has 2 rings (SSSR count). The van der Waals surface area contributed by atoms with Gasteiger partial charge in [0.15, 0.2) is 5.83 Å². The van der Waals surface area contributed by atoms with Gasteiger partial charge in [0.2, 0.25) is 0 Å². The standard InChI is InChI=1S/C20H17F4N/c1-2-3-17(21)20(24)15-8-6-13(7-9-15)4-5-14-10-18(22)16(12-25)19(23)11-14/h6-11H,2-5H2,1H3/b20-17+. The van der Waals surface area contributed by atoms with Crippen LogP contribution < -0.4 is 0 Å². The third-order valence-electron chi connectivity index (χ3n) is 3.83. The Balaban J connectivity index is 2.08. The lowest BCUT2D eigenvalue weighted by Crippen LogP contribution is -1.97. The molecule has 0 saturated heterocycles. The van der Waals surface area contributed by atoms with E-state index < -0.39 is 28.9 Å². The van der Waals surface area contributed by atoms with E-state index >= 15 is 0 Å². The third kappa shape index (κ3) is 4.69. The molecule has 0 atom stereocenters. The maximum Gasteiger partial charge on any atom is 0.161 e. The minimum absolute atomic E-state index is 0.0589. The maximum absolute atomic E-state index is 13.9. The number of benzene rings is 2. The maximum atomic E-state index is 13.9. The van der Waals surface area contributed by atoms with Crippen LogP contribution in [-0.4, -0.2) is 0 Å². The molecule has 0 amide bonds. The lowest BCUT2D eigenvalue weighted by Gasteiger charge is -2.06. The molecule has 0 N–H and O–H groups in total. The Morgan fingerprint density at radius 1 is 0.960 bits per heavy atom. The van der Waals surface area contributed by atoms with Crippen LogP contribution in [0.3, 0.4) is 0 Å². The van der Waals surface area contributed by atoms with Crippen LogP contribution in [0.2, 0.25) is 0 Å². The van der Waals surface area contributed by atoms with Gasteiger partial charge in [-0.1, -0.05) is 31.2 Å². The summed E-state index contributed by atoms with van der Waals surface area (Å²) in [6.45, 7) is 1.77. The van der Waals surface area contributed by atoms with Gasteiger partial charge >= 0.3 is 0 Å². The van der Waals surface area contributed by atoms with Gasteiger partial charge in [-0.05, 0) is 42.5 Å². The molecular formula is C20H17F4N. The number of hydrogen-bond donors (Lipinski definition) is 0. The second kappa shape index (κ2) is 8.48. The van der Waals surface area contributed by atoms with Crippen LogP contribution in [0.15, 0.2) is 42.2 Å². The minimum atomic E-state index is -0.883. The van der Waals surface area contributed by atoms with Crippen molar-refractivity contribution in [1.29, 1.82) is 5.26 Å². The Morgan fingerprint density at radius 3 is 2.04 bits per heavy atom. The summed E-state index contributed by atoms with van der Waals surface area (Å²) < 4.78 is 54.5. The Bertz CT molecular complexity index is 794. The second-order valence-corrected chi connectivity index (χ2v) is 5.71. The van der Waals surface area contributed by atoms with Gasteiger partial charge in [-0.3, -0.25) is 0 Å². The SMILES string of the molecule is CCC/C(F)=C(\F)c1ccc(CCc2cc(F)c(C#N)c(F)c2)cc1. The van der Waals surface area contributed by atoms with Crippen molar-refractivity contribution >= 4 is 5.83 Å². The highest BCUT2D eigenvalue weighted by atomic mass is 19.2. The van der Waals surface area contributed by atoms with Gasteiger partial charge in [0.05, 0.1) is 0 Å². The first-order valence-electron chi connectivity index (χ1n) is 7.97. The first-order chi connectivity index (χ1) is 12.0. The van der Waals surface area contributed by atoms with Gasteiger partial charge < -0.3 is 0 Å². The van der Waals surface area contributed by atoms with Crippen molar-refractivity contribution in [2.24, 2.45) is 0 Å². The van der Waals surface area contributed by atoms with Crippen LogP contribution in [-0.2, 0) is 12.8 Å². The average Bonchev–Trinajstić information content (AvgIpc) is 2.60. The Hall–Kier alpha value is -2.61. The number of hydrogen-bond acceptors (Lipinski definition) is 1. The van der Waals surface area contributed by atoms with E-state index in [9.17, 15) is 17.6 Å². The smallest absolute Gasteiger partial charge is 0.161 e. The number of nitriles is 1. The van der Waals surface area contributed by atoms with Gasteiger partial charge in [0.1, 0.15) is 29.1 Å². The summed E-state index contributed by atoms with van der Waals surface area (Å²) in [6.07, 6.45) is 1.42. The predicted octanol–water partition coefficient (Wildman–Crippen LogP) is 6.03. The zero-order chi connectivity index (χ0) is 18.4. The van der Waals surface area contributed by atoms with Crippen LogP contribution in [0.1, 0.15) is 42.0 Å². The number of rotatable bonds is 6. The molecule has 0 aromatic heterocycles. The highest BCUT2D eigenvalue weighted by molar-refractivity contribution is 5.61. The molecule has 0 aliphatic carbocycles. The fourth-order valence-electron chi connectivity index (χ4n) is 2.47. The van der Waals surface area contributed by atoms with E-state index in [0.29, 0.717) is 24.8 Å². The first kappa shape index (κ1) is 18.7. The normalized spacial score (nSPS) is 11.8. The van der Waals surface area contributed by atoms with Crippen LogP contribution in [0, 0.1) is 23.0 Å². The van der Waals surface area contributed by atoms with Gasteiger partial charge in [-0.2, -0.15) is 5.26 Å². The first-order valence-corrected chi connectivity index (χ1v) is 7.97. The van der Waals surface area contributed by atoms with E-state index in [1.54, 1.807) is 19.1 Å². The lowest BCUT2D eigenvalue weighted by atomic mass is 10.0. The molecule has 2 aromatic carbocycles. The van der Waals surface area contributed by atoms with E-state index in [2.05, 4.69) is 0 Å². The van der Waals surface area contributed by atoms with E-state index in [1.165, 1.54) is 18.2 Å². The van der Waals surface area contributed by atoms with Gasteiger partial charge in [-0.25, -0.2) is 17.6 Å². The molecule has 5 heteroatoms. The van der Waals surface area contributed by atoms with Crippen molar-refractivity contribution < 1.29 is 17.6 Å². The largest absolute Gasteiger partial charge is 0.209 e. The summed E-state index contributed by atoms with van der Waals surface area (Å²) in [5, 5.41) is 8.65. The van der Waals surface area contributed by atoms with Crippen molar-refractivity contribution in [2.75, 3.05) is 0 Å². The summed E-state index contributed by atoms with van der Waals surface area (Å²) in [5.41, 5.74) is 0.838. The summed E-state index contributed by atoms with van der Waals surface area (Å²) in [7, 11) is 0. The van der Waals surface area contributed by atoms with E-state index in [-0.39, 0.29) is 12.0 Å². The quantitative estimate of drug-likeness (QED) is 0.585. The molecule has 0 heterocycles. The molecule has 0 aliphatic rings. The zero-order valence-electron chi connectivity index (χ0n) is 13.8. The van der Waals surface area contributed by atoms with Crippen molar-refractivity contribution in [1.82, 2.24) is 0 Å². The van der Waals surface area contributed by atoms with Crippen molar-refractivity contribution in [3.8, 4) is 6.07 Å². The van der Waals surface area contributed by atoms with E-state index in [1.807, 2.05) is 0 Å². The molecule has 25 heavy (non-hydrogen) atoms. The summed E-state index contributed by atoms with van der Waals surface area (Å²) >= 11 is 0. The lowest BCUT2D eigenvalue weighted by molar-refractivity contribution is 0.559. The highest BCUT2D eigenvalue weighted by Crippen LogP contribution is 2.25. The summed E-state index contributed by atoms with van der Waals surface area (Å²) in [5.74, 6) is -3.39. The van der Waals surface area contributed by atoms with Crippen molar-refractivity contribution in [3.63, 3.8) is 0 Å². The van der Waals surface area contributed by atoms with E-state index in [4.69, 9.17) is 5.26 Å². The number of aryl methyl sites for hydroxylation is 2. The number of halogens is 4. The van der Waals surface area contributed by atoms with Crippen LogP contribution >= 0.6 is 0 Å². The summed E-state index contributed by atoms with van der Waals surface area (Å²) in [6, 6.07) is 10.0. The molecule has 0 unspecified atom stereocenters. The van der Waals surface area contributed by atoms with Gasteiger partial charge in [0.25, 0.3) is 0 Å². The molecular weight excluding hydrogens is 330 g/mol. The molecule has 0 spiro atoms. The molecule has 2 aromatic rings. The zero-order valence-corrected chi connectivity index (χ0v) is 13.8. The second-order valence-electron chi connectivity index (χ2n) is 5.71. The Morgan fingerprint density at radius 2 is 1.52 bits per heavy atom. The monoisotopic (exact) mass is 347 g/mol. The minimum Gasteiger partial charge on any atom is -0.209 e. The Kier molecular flexibility index (Phi) is 6.35. The van der Waals surface area contributed by atoms with Crippen LogP contribution in [0.5, 0.6) is 0 Å². The van der Waals surface area contributed by atoms with Gasteiger partial charge in [0, 0.05) is 12.0 Å². The summed E-state index contributed by atoms with van der Waals surface area (Å²) in [4.78, 5) is 0. The van der Waals surface area contributed by atoms with Crippen molar-refractivity contribution in [3.05, 3.63) is 76.1 Å². The van der Waals surface area contributed by atoms with E-state index in [0.717, 1.165) is 17.7 Å². The fourth-order valence-corrected chi connectivity index (χ4v) is 2.47. The van der Waals surface area contributed by atoms with Gasteiger partial charge in [-0.15, -0.1) is 0 Å². The molecule has 1 nitrogen and oxygen atoms in total. The highest BCUT2D eigenvalue weighted by Gasteiger charge is 2.11. The number of allylic oxidation sites excluding steroid dienone is 1. The molecule has 130 valence electrons. The predicted molar refractivity (Wildman–Crippen MR) is 89.0 cm³/mol. The molecule has 0 aliphatic heterocycles. The molecule has 0 radical (unpaired) electrons. The Labute approximate surface area is 144 Å². The topological polar surface area (TPSA) is 23.8 Å².